The third-order valence-electron chi connectivity index (χ3n) is 5.53. The average molecular weight is 494 g/mol. The molecule has 27 heavy (non-hydrogen) atoms. The molecule has 6 nitrogen and oxygen atoms in total. The van der Waals surface area contributed by atoms with Gasteiger partial charge in [-0.2, -0.15) is 0 Å². The van der Waals surface area contributed by atoms with Gasteiger partial charge >= 0.3 is 0 Å². The number of nitrogens with one attached hydrogen (secondary N) is 2. The molecule has 0 bridgehead atoms. The zero-order valence-electron chi connectivity index (χ0n) is 17.3. The standard InChI is InChI=1S/C20H38N4O2.HI/c1-4-7-16-9-11-17(12-10-16)23-20(22-15-19(25)24(2)3)21-14-18-8-5-6-13-26-18;/h16-18H,4-15H2,1-3H3,(H2,21,22,23);1H. The molecule has 1 aliphatic carbocycles. The van der Waals surface area contributed by atoms with Gasteiger partial charge in [0.25, 0.3) is 0 Å². The zero-order valence-corrected chi connectivity index (χ0v) is 19.7. The minimum Gasteiger partial charge on any atom is -0.376 e. The molecule has 2 aliphatic rings. The number of carbonyl (C=O) groups is 1. The summed E-state index contributed by atoms with van der Waals surface area (Å²) >= 11 is 0. The molecule has 1 aliphatic heterocycles. The van der Waals surface area contributed by atoms with E-state index in [2.05, 4.69) is 22.5 Å². The van der Waals surface area contributed by atoms with E-state index in [-0.39, 0.29) is 42.5 Å². The van der Waals surface area contributed by atoms with E-state index in [1.54, 1.807) is 19.0 Å². The molecule has 0 aromatic carbocycles. The van der Waals surface area contributed by atoms with Crippen molar-refractivity contribution in [2.45, 2.75) is 76.9 Å². The smallest absolute Gasteiger partial charge is 0.243 e. The van der Waals surface area contributed by atoms with Gasteiger partial charge in [-0.05, 0) is 50.9 Å². The Hall–Kier alpha value is -0.570. The Kier molecular flexibility index (Phi) is 12.3. The highest BCUT2D eigenvalue weighted by atomic mass is 127. The Bertz CT molecular complexity index is 445. The highest BCUT2D eigenvalue weighted by Crippen LogP contribution is 2.27. The molecule has 0 aromatic heterocycles. The molecule has 0 radical (unpaired) electrons. The van der Waals surface area contributed by atoms with Gasteiger partial charge < -0.3 is 20.3 Å². The number of ether oxygens (including phenoxy) is 1. The number of aliphatic imine (C=N–C) groups is 1. The lowest BCUT2D eigenvalue weighted by Gasteiger charge is -2.31. The number of likely N-dealkylation sites (N-methyl/N-ethyl adjacent to an activating group) is 1. The summed E-state index contributed by atoms with van der Waals surface area (Å²) in [6.45, 7) is 4.06. The molecule has 2 N–H and O–H groups in total. The Morgan fingerprint density at radius 3 is 2.48 bits per heavy atom. The van der Waals surface area contributed by atoms with E-state index in [0.717, 1.165) is 37.9 Å². The molecule has 7 heteroatoms. The molecule has 0 aromatic rings. The highest BCUT2D eigenvalue weighted by Gasteiger charge is 2.22. The van der Waals surface area contributed by atoms with Crippen molar-refractivity contribution in [3.63, 3.8) is 0 Å². The van der Waals surface area contributed by atoms with E-state index in [0.29, 0.717) is 6.04 Å². The Labute approximate surface area is 182 Å². The van der Waals surface area contributed by atoms with E-state index >= 15 is 0 Å². The molecule has 1 saturated heterocycles. The first kappa shape index (κ1) is 24.5. The van der Waals surface area contributed by atoms with Crippen molar-refractivity contribution in [1.82, 2.24) is 15.5 Å². The van der Waals surface area contributed by atoms with E-state index in [9.17, 15) is 4.79 Å². The maximum Gasteiger partial charge on any atom is 0.243 e. The molecule has 1 amide bonds. The average Bonchev–Trinajstić information content (AvgIpc) is 2.66. The van der Waals surface area contributed by atoms with Crippen molar-refractivity contribution < 1.29 is 9.53 Å². The van der Waals surface area contributed by atoms with Gasteiger partial charge in [0.2, 0.25) is 5.91 Å². The molecule has 1 atom stereocenters. The summed E-state index contributed by atoms with van der Waals surface area (Å²) in [5, 5.41) is 6.98. The van der Waals surface area contributed by atoms with Crippen LogP contribution in [0.2, 0.25) is 0 Å². The number of amides is 1. The van der Waals surface area contributed by atoms with Gasteiger partial charge in [0.1, 0.15) is 6.54 Å². The maximum atomic E-state index is 11.9. The predicted octanol–water partition coefficient (Wildman–Crippen LogP) is 3.16. The van der Waals surface area contributed by atoms with Crippen LogP contribution in [-0.4, -0.2) is 62.7 Å². The maximum absolute atomic E-state index is 11.9. The molecule has 158 valence electrons. The van der Waals surface area contributed by atoms with Crippen LogP contribution in [0.3, 0.4) is 0 Å². The summed E-state index contributed by atoms with van der Waals surface area (Å²) in [6, 6.07) is 0.455. The van der Waals surface area contributed by atoms with Crippen LogP contribution in [-0.2, 0) is 9.53 Å². The minimum absolute atomic E-state index is 0. The third-order valence-corrected chi connectivity index (χ3v) is 5.53. The molecular formula is C20H39IN4O2. The molecule has 1 heterocycles. The van der Waals surface area contributed by atoms with Crippen LogP contribution in [0, 0.1) is 5.92 Å². The topological polar surface area (TPSA) is 66.0 Å². The molecule has 1 saturated carbocycles. The Morgan fingerprint density at radius 2 is 1.89 bits per heavy atom. The van der Waals surface area contributed by atoms with Gasteiger partial charge in [0, 0.05) is 33.3 Å². The normalized spacial score (nSPS) is 26.0. The van der Waals surface area contributed by atoms with Crippen LogP contribution >= 0.6 is 24.0 Å². The first-order valence-electron chi connectivity index (χ1n) is 10.4. The van der Waals surface area contributed by atoms with E-state index in [1.165, 1.54) is 44.9 Å². The summed E-state index contributed by atoms with van der Waals surface area (Å²) in [5.74, 6) is 1.66. The fraction of sp³-hybridized carbons (Fsp3) is 0.900. The second kappa shape index (κ2) is 13.6. The lowest BCUT2D eigenvalue weighted by Crippen LogP contribution is -2.48. The van der Waals surface area contributed by atoms with Gasteiger partial charge in [-0.1, -0.05) is 19.8 Å². The van der Waals surface area contributed by atoms with Crippen molar-refractivity contribution in [2.24, 2.45) is 10.9 Å². The van der Waals surface area contributed by atoms with Crippen molar-refractivity contribution in [2.75, 3.05) is 33.8 Å². The van der Waals surface area contributed by atoms with Gasteiger partial charge in [-0.15, -0.1) is 24.0 Å². The van der Waals surface area contributed by atoms with Gasteiger partial charge in [-0.3, -0.25) is 4.79 Å². The lowest BCUT2D eigenvalue weighted by atomic mass is 9.83. The van der Waals surface area contributed by atoms with Gasteiger partial charge in [0.15, 0.2) is 5.96 Å². The second-order valence-electron chi connectivity index (χ2n) is 7.97. The molecule has 2 rings (SSSR count). The summed E-state index contributed by atoms with van der Waals surface area (Å²) in [7, 11) is 3.53. The third kappa shape index (κ3) is 9.45. The monoisotopic (exact) mass is 494 g/mol. The second-order valence-corrected chi connectivity index (χ2v) is 7.97. The van der Waals surface area contributed by atoms with Crippen molar-refractivity contribution >= 4 is 35.8 Å². The molecular weight excluding hydrogens is 455 g/mol. The molecule has 1 unspecified atom stereocenters. The molecule has 2 fully saturated rings. The Balaban J connectivity index is 0.00000364. The van der Waals surface area contributed by atoms with Crippen LogP contribution in [0.5, 0.6) is 0 Å². The number of guanidine groups is 1. The first-order chi connectivity index (χ1) is 12.6. The van der Waals surface area contributed by atoms with Crippen LogP contribution in [0.1, 0.15) is 64.7 Å². The lowest BCUT2D eigenvalue weighted by molar-refractivity contribution is -0.127. The van der Waals surface area contributed by atoms with Crippen molar-refractivity contribution in [1.29, 1.82) is 0 Å². The molecule has 0 spiro atoms. The first-order valence-corrected chi connectivity index (χ1v) is 10.4. The fourth-order valence-corrected chi connectivity index (χ4v) is 3.82. The van der Waals surface area contributed by atoms with Crippen LogP contribution < -0.4 is 10.6 Å². The summed E-state index contributed by atoms with van der Waals surface area (Å²) < 4.78 is 5.80. The zero-order chi connectivity index (χ0) is 18.8. The van der Waals surface area contributed by atoms with Crippen LogP contribution in [0.4, 0.5) is 0 Å². The van der Waals surface area contributed by atoms with Crippen molar-refractivity contribution in [3.05, 3.63) is 0 Å². The van der Waals surface area contributed by atoms with Crippen molar-refractivity contribution in [3.8, 4) is 0 Å². The number of rotatable bonds is 7. The van der Waals surface area contributed by atoms with E-state index < -0.39 is 0 Å². The number of carbonyl (C=O) groups excluding carboxylic acids is 1. The fourth-order valence-electron chi connectivity index (χ4n) is 3.82. The number of halogens is 1. The number of hydrogen-bond donors (Lipinski definition) is 2. The van der Waals surface area contributed by atoms with E-state index in [4.69, 9.17) is 4.74 Å². The van der Waals surface area contributed by atoms with Gasteiger partial charge in [-0.25, -0.2) is 4.99 Å². The summed E-state index contributed by atoms with van der Waals surface area (Å²) in [6.07, 6.45) is 11.3. The predicted molar refractivity (Wildman–Crippen MR) is 122 cm³/mol. The Morgan fingerprint density at radius 1 is 1.15 bits per heavy atom. The van der Waals surface area contributed by atoms with Crippen LogP contribution in [0.25, 0.3) is 0 Å². The number of nitrogens with zero attached hydrogens (tertiary/aromatic N) is 2. The quantitative estimate of drug-likeness (QED) is 0.324. The minimum atomic E-state index is 0. The largest absolute Gasteiger partial charge is 0.376 e. The summed E-state index contributed by atoms with van der Waals surface area (Å²) in [4.78, 5) is 18.0. The van der Waals surface area contributed by atoms with Gasteiger partial charge in [0.05, 0.1) is 6.10 Å². The van der Waals surface area contributed by atoms with E-state index in [1.807, 2.05) is 0 Å². The highest BCUT2D eigenvalue weighted by molar-refractivity contribution is 14.0. The number of hydrogen-bond acceptors (Lipinski definition) is 3. The summed E-state index contributed by atoms with van der Waals surface area (Å²) in [5.41, 5.74) is 0. The SMILES string of the molecule is CCCC1CCC(NC(=NCC(=O)N(C)C)NCC2CCCCO2)CC1.I. The van der Waals surface area contributed by atoms with Crippen LogP contribution in [0.15, 0.2) is 4.99 Å².